The van der Waals surface area contributed by atoms with Crippen LogP contribution in [0.2, 0.25) is 0 Å². The Balaban J connectivity index is 2.10. The van der Waals surface area contributed by atoms with Crippen LogP contribution in [0.15, 0.2) is 30.3 Å². The van der Waals surface area contributed by atoms with Crippen LogP contribution in [-0.2, 0) is 25.5 Å². The first-order chi connectivity index (χ1) is 15.4. The lowest BCUT2D eigenvalue weighted by molar-refractivity contribution is -0.141. The van der Waals surface area contributed by atoms with Gasteiger partial charge in [0.25, 0.3) is 0 Å². The van der Waals surface area contributed by atoms with Gasteiger partial charge in [-0.15, -0.1) is 0 Å². The summed E-state index contributed by atoms with van der Waals surface area (Å²) in [6, 6.07) is 6.78. The van der Waals surface area contributed by atoms with Gasteiger partial charge in [0.05, 0.1) is 0 Å². The van der Waals surface area contributed by atoms with Gasteiger partial charge in [-0.1, -0.05) is 44.2 Å². The standard InChI is InChI=1S/C24H36N4O5/c1-15(2)19(27-23(32)33-24(3,4)5)22(31)28-13-9-12-18(28)21(30)26-17(20(25)29)14-16-10-7-6-8-11-16/h6-8,10-11,15,17-19H,9,12-14H2,1-5H3,(H2,25,29)(H,26,30)(H,27,32)/t17-,18-,19-/m0/s1. The quantitative estimate of drug-likeness (QED) is 0.544. The molecule has 4 N–H and O–H groups in total. The minimum absolute atomic E-state index is 0.217. The molecule has 4 amide bonds. The van der Waals surface area contributed by atoms with Crippen molar-refractivity contribution < 1.29 is 23.9 Å². The van der Waals surface area contributed by atoms with Crippen LogP contribution < -0.4 is 16.4 Å². The first-order valence-corrected chi connectivity index (χ1v) is 11.3. The van der Waals surface area contributed by atoms with E-state index < -0.39 is 41.6 Å². The summed E-state index contributed by atoms with van der Waals surface area (Å²) in [4.78, 5) is 52.0. The normalized spacial score (nSPS) is 17.9. The van der Waals surface area contributed by atoms with Gasteiger partial charge in [-0.05, 0) is 45.1 Å². The molecule has 1 aliphatic rings. The van der Waals surface area contributed by atoms with Crippen LogP contribution in [0.4, 0.5) is 4.79 Å². The molecule has 0 unspecified atom stereocenters. The molecule has 0 radical (unpaired) electrons. The Morgan fingerprint density at radius 2 is 1.76 bits per heavy atom. The number of nitrogens with two attached hydrogens (primary N) is 1. The topological polar surface area (TPSA) is 131 Å². The molecule has 0 spiro atoms. The summed E-state index contributed by atoms with van der Waals surface area (Å²) in [6.45, 7) is 9.23. The summed E-state index contributed by atoms with van der Waals surface area (Å²) in [5.41, 5.74) is 5.69. The first-order valence-electron chi connectivity index (χ1n) is 11.3. The van der Waals surface area contributed by atoms with Crippen molar-refractivity contribution in [2.24, 2.45) is 11.7 Å². The van der Waals surface area contributed by atoms with Crippen LogP contribution in [0.25, 0.3) is 0 Å². The molecule has 0 aliphatic carbocycles. The number of benzene rings is 1. The van der Waals surface area contributed by atoms with Crippen molar-refractivity contribution in [2.75, 3.05) is 6.54 Å². The average molecular weight is 461 g/mol. The lowest BCUT2D eigenvalue weighted by Gasteiger charge is -2.31. The number of nitrogens with one attached hydrogen (secondary N) is 2. The molecule has 0 bridgehead atoms. The van der Waals surface area contributed by atoms with Crippen LogP contribution in [0.1, 0.15) is 53.0 Å². The number of likely N-dealkylation sites (tertiary alicyclic amines) is 1. The third-order valence-corrected chi connectivity index (χ3v) is 5.39. The van der Waals surface area contributed by atoms with Crippen molar-refractivity contribution in [3.05, 3.63) is 35.9 Å². The van der Waals surface area contributed by atoms with Crippen LogP contribution in [0.3, 0.4) is 0 Å². The van der Waals surface area contributed by atoms with Crippen molar-refractivity contribution in [1.29, 1.82) is 0 Å². The van der Waals surface area contributed by atoms with E-state index in [1.54, 1.807) is 20.8 Å². The van der Waals surface area contributed by atoms with E-state index in [1.165, 1.54) is 4.90 Å². The molecule has 2 rings (SSSR count). The summed E-state index contributed by atoms with van der Waals surface area (Å²) in [5, 5.41) is 5.35. The number of rotatable bonds is 8. The number of carbonyl (C=O) groups is 4. The lowest BCUT2D eigenvalue weighted by Crippen LogP contribution is -2.57. The Kier molecular flexibility index (Phi) is 8.84. The molecule has 1 aromatic rings. The van der Waals surface area contributed by atoms with E-state index in [9.17, 15) is 19.2 Å². The van der Waals surface area contributed by atoms with E-state index in [1.807, 2.05) is 44.2 Å². The molecule has 33 heavy (non-hydrogen) atoms. The van der Waals surface area contributed by atoms with E-state index in [2.05, 4.69) is 10.6 Å². The molecule has 0 saturated carbocycles. The second-order valence-electron chi connectivity index (χ2n) is 9.71. The summed E-state index contributed by atoms with van der Waals surface area (Å²) in [7, 11) is 0. The molecule has 1 fully saturated rings. The van der Waals surface area contributed by atoms with Crippen molar-refractivity contribution in [1.82, 2.24) is 15.5 Å². The fourth-order valence-electron chi connectivity index (χ4n) is 3.77. The number of hydrogen-bond donors (Lipinski definition) is 3. The fourth-order valence-corrected chi connectivity index (χ4v) is 3.77. The number of amides is 4. The van der Waals surface area contributed by atoms with Gasteiger partial charge in [0.1, 0.15) is 23.7 Å². The molecule has 182 valence electrons. The van der Waals surface area contributed by atoms with Gasteiger partial charge >= 0.3 is 6.09 Å². The molecular formula is C24H36N4O5. The maximum Gasteiger partial charge on any atom is 0.408 e. The van der Waals surface area contributed by atoms with Crippen LogP contribution >= 0.6 is 0 Å². The predicted octanol–water partition coefficient (Wildman–Crippen LogP) is 1.74. The van der Waals surface area contributed by atoms with Crippen molar-refractivity contribution in [3.63, 3.8) is 0 Å². The van der Waals surface area contributed by atoms with Crippen LogP contribution in [0.5, 0.6) is 0 Å². The highest BCUT2D eigenvalue weighted by Gasteiger charge is 2.40. The Bertz CT molecular complexity index is 850. The summed E-state index contributed by atoms with van der Waals surface area (Å²) in [5.74, 6) is -1.65. The zero-order valence-corrected chi connectivity index (χ0v) is 20.1. The number of ether oxygens (including phenoxy) is 1. The van der Waals surface area contributed by atoms with Gasteiger partial charge in [-0.3, -0.25) is 14.4 Å². The lowest BCUT2D eigenvalue weighted by atomic mass is 10.0. The zero-order valence-electron chi connectivity index (χ0n) is 20.1. The maximum absolute atomic E-state index is 13.3. The minimum Gasteiger partial charge on any atom is -0.444 e. The number of alkyl carbamates (subject to hydrolysis) is 1. The largest absolute Gasteiger partial charge is 0.444 e. The predicted molar refractivity (Wildman–Crippen MR) is 124 cm³/mol. The third-order valence-electron chi connectivity index (χ3n) is 5.39. The Hall–Kier alpha value is -3.10. The van der Waals surface area contributed by atoms with E-state index in [0.29, 0.717) is 19.4 Å². The first kappa shape index (κ1) is 26.2. The van der Waals surface area contributed by atoms with Gasteiger partial charge in [0.15, 0.2) is 0 Å². The van der Waals surface area contributed by atoms with Gasteiger partial charge < -0.3 is 26.0 Å². The summed E-state index contributed by atoms with van der Waals surface area (Å²) < 4.78 is 5.29. The highest BCUT2D eigenvalue weighted by molar-refractivity contribution is 5.94. The monoisotopic (exact) mass is 460 g/mol. The van der Waals surface area contributed by atoms with Gasteiger partial charge in [0.2, 0.25) is 17.7 Å². The number of hydrogen-bond acceptors (Lipinski definition) is 5. The second-order valence-corrected chi connectivity index (χ2v) is 9.71. The molecule has 1 aromatic carbocycles. The molecule has 3 atom stereocenters. The highest BCUT2D eigenvalue weighted by atomic mass is 16.6. The zero-order chi connectivity index (χ0) is 24.8. The van der Waals surface area contributed by atoms with Crippen LogP contribution in [-0.4, -0.2) is 59.0 Å². The molecule has 1 heterocycles. The fraction of sp³-hybridized carbons (Fsp3) is 0.583. The SMILES string of the molecule is CC(C)[C@H](NC(=O)OC(C)(C)C)C(=O)N1CCC[C@H]1C(=O)N[C@@H](Cc1ccccc1)C(N)=O. The Morgan fingerprint density at radius 3 is 2.30 bits per heavy atom. The maximum atomic E-state index is 13.3. The molecule has 0 aromatic heterocycles. The summed E-state index contributed by atoms with van der Waals surface area (Å²) in [6.07, 6.45) is 0.677. The Labute approximate surface area is 195 Å². The van der Waals surface area contributed by atoms with Crippen molar-refractivity contribution in [3.8, 4) is 0 Å². The van der Waals surface area contributed by atoms with E-state index in [-0.39, 0.29) is 18.2 Å². The Morgan fingerprint density at radius 1 is 1.12 bits per heavy atom. The highest BCUT2D eigenvalue weighted by Crippen LogP contribution is 2.21. The average Bonchev–Trinajstić information content (AvgIpc) is 3.20. The van der Waals surface area contributed by atoms with Crippen molar-refractivity contribution in [2.45, 2.75) is 77.6 Å². The molecule has 1 aliphatic heterocycles. The van der Waals surface area contributed by atoms with E-state index >= 15 is 0 Å². The van der Waals surface area contributed by atoms with Gasteiger partial charge in [-0.25, -0.2) is 4.79 Å². The van der Waals surface area contributed by atoms with Crippen molar-refractivity contribution >= 4 is 23.8 Å². The minimum atomic E-state index is -0.891. The molecule has 1 saturated heterocycles. The second kappa shape index (κ2) is 11.2. The number of carbonyl (C=O) groups excluding carboxylic acids is 4. The number of nitrogens with zero attached hydrogens (tertiary/aromatic N) is 1. The summed E-state index contributed by atoms with van der Waals surface area (Å²) >= 11 is 0. The van der Waals surface area contributed by atoms with E-state index in [0.717, 1.165) is 5.56 Å². The van der Waals surface area contributed by atoms with E-state index in [4.69, 9.17) is 10.5 Å². The number of primary amides is 1. The van der Waals surface area contributed by atoms with Gasteiger partial charge in [-0.2, -0.15) is 0 Å². The molecule has 9 nitrogen and oxygen atoms in total. The van der Waals surface area contributed by atoms with Gasteiger partial charge in [0, 0.05) is 13.0 Å². The molecule has 9 heteroatoms. The van der Waals surface area contributed by atoms with Crippen LogP contribution in [0, 0.1) is 5.92 Å². The molecular weight excluding hydrogens is 424 g/mol. The third kappa shape index (κ3) is 7.76. The smallest absolute Gasteiger partial charge is 0.408 e.